The highest BCUT2D eigenvalue weighted by Gasteiger charge is 1.98. The van der Waals surface area contributed by atoms with Gasteiger partial charge in [0.1, 0.15) is 0 Å². The molecule has 1 heteroatoms. The van der Waals surface area contributed by atoms with E-state index in [0.29, 0.717) is 0 Å². The van der Waals surface area contributed by atoms with Gasteiger partial charge in [-0.25, -0.2) is 0 Å². The summed E-state index contributed by atoms with van der Waals surface area (Å²) >= 11 is 0. The Bertz CT molecular complexity index is 309. The van der Waals surface area contributed by atoms with Crippen LogP contribution in [0.15, 0.2) is 42.8 Å². The number of pyridine rings is 1. The van der Waals surface area contributed by atoms with Crippen LogP contribution in [0.3, 0.4) is 0 Å². The number of allylic oxidation sites excluding steroid dienone is 4. The fourth-order valence-corrected chi connectivity index (χ4v) is 1.37. The third-order valence-corrected chi connectivity index (χ3v) is 2.01. The van der Waals surface area contributed by atoms with Crippen LogP contribution in [0.25, 0.3) is 5.57 Å². The van der Waals surface area contributed by atoms with Crippen molar-refractivity contribution >= 4 is 5.57 Å². The molecular weight excluding hydrogens is 146 g/mol. The highest BCUT2D eigenvalue weighted by molar-refractivity contribution is 5.74. The molecular formula is C11H11N. The van der Waals surface area contributed by atoms with Crippen molar-refractivity contribution in [3.05, 3.63) is 48.3 Å². The van der Waals surface area contributed by atoms with Crippen molar-refractivity contribution in [2.75, 3.05) is 0 Å². The zero-order valence-corrected chi connectivity index (χ0v) is 6.90. The average molecular weight is 157 g/mol. The smallest absolute Gasteiger partial charge is 0.0273 e. The molecule has 1 aromatic rings. The molecule has 0 amide bonds. The third kappa shape index (κ3) is 1.45. The van der Waals surface area contributed by atoms with Gasteiger partial charge in [0.15, 0.2) is 0 Å². The molecule has 0 unspecified atom stereocenters. The fourth-order valence-electron chi connectivity index (χ4n) is 1.37. The second kappa shape index (κ2) is 3.35. The maximum atomic E-state index is 3.99. The molecule has 1 heterocycles. The Labute approximate surface area is 72.5 Å². The van der Waals surface area contributed by atoms with Gasteiger partial charge < -0.3 is 0 Å². The van der Waals surface area contributed by atoms with Crippen molar-refractivity contribution in [3.63, 3.8) is 0 Å². The first-order valence-corrected chi connectivity index (χ1v) is 4.24. The quantitative estimate of drug-likeness (QED) is 0.610. The molecule has 2 rings (SSSR count). The van der Waals surface area contributed by atoms with E-state index in [2.05, 4.69) is 23.2 Å². The molecule has 60 valence electrons. The molecule has 1 aliphatic rings. The van der Waals surface area contributed by atoms with Gasteiger partial charge in [0, 0.05) is 12.4 Å². The van der Waals surface area contributed by atoms with E-state index in [1.807, 2.05) is 24.5 Å². The summed E-state index contributed by atoms with van der Waals surface area (Å²) in [5.74, 6) is 0. The van der Waals surface area contributed by atoms with E-state index in [0.717, 1.165) is 6.42 Å². The standard InChI is InChI=1S/C11H11N/c1-2-4-10(5-3-1)11-6-8-12-9-7-11/h2,4-9H,1,3H2. The largest absolute Gasteiger partial charge is 0.265 e. The van der Waals surface area contributed by atoms with E-state index in [9.17, 15) is 0 Å². The van der Waals surface area contributed by atoms with Crippen molar-refractivity contribution in [2.24, 2.45) is 0 Å². The molecule has 0 aliphatic heterocycles. The van der Waals surface area contributed by atoms with Gasteiger partial charge in [-0.2, -0.15) is 0 Å². The van der Waals surface area contributed by atoms with Crippen molar-refractivity contribution in [1.29, 1.82) is 0 Å². The van der Waals surface area contributed by atoms with E-state index in [-0.39, 0.29) is 0 Å². The molecule has 1 aliphatic carbocycles. The first-order chi connectivity index (χ1) is 5.97. The molecule has 0 saturated carbocycles. The highest BCUT2D eigenvalue weighted by Crippen LogP contribution is 2.19. The van der Waals surface area contributed by atoms with Gasteiger partial charge in [-0.15, -0.1) is 0 Å². The lowest BCUT2D eigenvalue weighted by Gasteiger charge is -2.05. The van der Waals surface area contributed by atoms with Crippen molar-refractivity contribution < 1.29 is 0 Å². The van der Waals surface area contributed by atoms with Gasteiger partial charge in [-0.05, 0) is 36.1 Å². The topological polar surface area (TPSA) is 12.9 Å². The third-order valence-electron chi connectivity index (χ3n) is 2.01. The van der Waals surface area contributed by atoms with E-state index in [1.165, 1.54) is 17.6 Å². The monoisotopic (exact) mass is 157 g/mol. The van der Waals surface area contributed by atoms with Crippen molar-refractivity contribution in [1.82, 2.24) is 4.98 Å². The summed E-state index contributed by atoms with van der Waals surface area (Å²) in [7, 11) is 0. The van der Waals surface area contributed by atoms with E-state index in [4.69, 9.17) is 0 Å². The summed E-state index contributed by atoms with van der Waals surface area (Å²) < 4.78 is 0. The summed E-state index contributed by atoms with van der Waals surface area (Å²) in [6.07, 6.45) is 12.7. The summed E-state index contributed by atoms with van der Waals surface area (Å²) in [5.41, 5.74) is 2.59. The molecule has 0 saturated heterocycles. The predicted molar refractivity (Wildman–Crippen MR) is 50.6 cm³/mol. The maximum Gasteiger partial charge on any atom is 0.0273 e. The van der Waals surface area contributed by atoms with Crippen LogP contribution >= 0.6 is 0 Å². The van der Waals surface area contributed by atoms with Gasteiger partial charge in [-0.3, -0.25) is 4.98 Å². The molecule has 0 fully saturated rings. The normalized spacial score (nSPS) is 15.8. The molecule has 0 atom stereocenters. The molecule has 12 heavy (non-hydrogen) atoms. The molecule has 0 spiro atoms. The van der Waals surface area contributed by atoms with Crippen LogP contribution in [0.5, 0.6) is 0 Å². The van der Waals surface area contributed by atoms with Crippen LogP contribution in [-0.2, 0) is 0 Å². The number of hydrogen-bond donors (Lipinski definition) is 0. The average Bonchev–Trinajstić information content (AvgIpc) is 2.21. The second-order valence-electron chi connectivity index (χ2n) is 2.88. The maximum absolute atomic E-state index is 3.99. The lowest BCUT2D eigenvalue weighted by atomic mass is 10.0. The Morgan fingerprint density at radius 1 is 1.08 bits per heavy atom. The fraction of sp³-hybridized carbons (Fsp3) is 0.182. The summed E-state index contributed by atoms with van der Waals surface area (Å²) in [6.45, 7) is 0. The van der Waals surface area contributed by atoms with Crippen molar-refractivity contribution in [2.45, 2.75) is 12.8 Å². The van der Waals surface area contributed by atoms with Crippen molar-refractivity contribution in [3.8, 4) is 0 Å². The van der Waals surface area contributed by atoms with E-state index < -0.39 is 0 Å². The first kappa shape index (κ1) is 7.29. The lowest BCUT2D eigenvalue weighted by molar-refractivity contribution is 1.04. The number of hydrogen-bond acceptors (Lipinski definition) is 1. The highest BCUT2D eigenvalue weighted by atomic mass is 14.6. The Morgan fingerprint density at radius 2 is 1.92 bits per heavy atom. The van der Waals surface area contributed by atoms with Crippen LogP contribution < -0.4 is 0 Å². The zero-order chi connectivity index (χ0) is 8.23. The summed E-state index contributed by atoms with van der Waals surface area (Å²) in [6, 6.07) is 4.09. The molecule has 1 aromatic heterocycles. The zero-order valence-electron chi connectivity index (χ0n) is 6.90. The van der Waals surface area contributed by atoms with Crippen LogP contribution in [0, 0.1) is 0 Å². The minimum Gasteiger partial charge on any atom is -0.265 e. The molecule has 0 aromatic carbocycles. The molecule has 0 N–H and O–H groups in total. The first-order valence-electron chi connectivity index (χ1n) is 4.24. The van der Waals surface area contributed by atoms with Crippen LogP contribution in [0.1, 0.15) is 18.4 Å². The Morgan fingerprint density at radius 3 is 2.58 bits per heavy atom. The summed E-state index contributed by atoms with van der Waals surface area (Å²) in [4.78, 5) is 3.99. The minimum atomic E-state index is 1.16. The lowest BCUT2D eigenvalue weighted by Crippen LogP contribution is -1.85. The predicted octanol–water partition coefficient (Wildman–Crippen LogP) is 2.82. The summed E-state index contributed by atoms with van der Waals surface area (Å²) in [5, 5.41) is 0. The van der Waals surface area contributed by atoms with Gasteiger partial charge in [0.2, 0.25) is 0 Å². The van der Waals surface area contributed by atoms with Gasteiger partial charge in [0.25, 0.3) is 0 Å². The molecule has 1 nitrogen and oxygen atoms in total. The van der Waals surface area contributed by atoms with Gasteiger partial charge in [0.05, 0.1) is 0 Å². The molecule has 0 radical (unpaired) electrons. The second-order valence-corrected chi connectivity index (χ2v) is 2.88. The van der Waals surface area contributed by atoms with Crippen LogP contribution in [-0.4, -0.2) is 4.98 Å². The van der Waals surface area contributed by atoms with Crippen LogP contribution in [0.2, 0.25) is 0 Å². The minimum absolute atomic E-state index is 1.16. The Kier molecular flexibility index (Phi) is 2.04. The number of aromatic nitrogens is 1. The Hall–Kier alpha value is -1.37. The van der Waals surface area contributed by atoms with Crippen LogP contribution in [0.4, 0.5) is 0 Å². The SMILES string of the molecule is C1=CC(c2ccncc2)=CCC1. The van der Waals surface area contributed by atoms with E-state index >= 15 is 0 Å². The van der Waals surface area contributed by atoms with Gasteiger partial charge in [-0.1, -0.05) is 18.2 Å². The Balaban J connectivity index is 2.31. The molecule has 0 bridgehead atoms. The number of rotatable bonds is 1. The van der Waals surface area contributed by atoms with Gasteiger partial charge >= 0.3 is 0 Å². The number of nitrogens with zero attached hydrogens (tertiary/aromatic N) is 1. The van der Waals surface area contributed by atoms with E-state index in [1.54, 1.807) is 0 Å².